The molecule has 1 saturated carbocycles. The maximum Gasteiger partial charge on any atom is 0.255 e. The van der Waals surface area contributed by atoms with Crippen molar-refractivity contribution in [3.8, 4) is 0 Å². The van der Waals surface area contributed by atoms with Crippen molar-refractivity contribution < 1.29 is 14.3 Å². The highest BCUT2D eigenvalue weighted by molar-refractivity contribution is 5.96. The number of hydrogen-bond donors (Lipinski definition) is 0. The summed E-state index contributed by atoms with van der Waals surface area (Å²) >= 11 is 0. The van der Waals surface area contributed by atoms with E-state index in [0.717, 1.165) is 25.1 Å². The van der Waals surface area contributed by atoms with Crippen LogP contribution in [0.5, 0.6) is 0 Å². The van der Waals surface area contributed by atoms with Gasteiger partial charge in [0.1, 0.15) is 6.10 Å². The van der Waals surface area contributed by atoms with Crippen molar-refractivity contribution in [2.24, 2.45) is 5.92 Å². The first kappa shape index (κ1) is 15.4. The standard InChI is InChI=1S/C17H24N2O3/c1-13(22-12-14-4-5-14)17(20)19(11-16-3-2-10-21-16)15-6-8-18-9-7-15/h6-9,13-14,16H,2-5,10-12H2,1H3/t13-,16-/m1/s1. The monoisotopic (exact) mass is 304 g/mol. The normalized spacial score (nSPS) is 22.5. The lowest BCUT2D eigenvalue weighted by Gasteiger charge is -2.28. The maximum absolute atomic E-state index is 12.8. The molecule has 2 fully saturated rings. The largest absolute Gasteiger partial charge is 0.376 e. The van der Waals surface area contributed by atoms with E-state index >= 15 is 0 Å². The van der Waals surface area contributed by atoms with Gasteiger partial charge in [-0.2, -0.15) is 0 Å². The molecule has 1 aromatic rings. The number of pyridine rings is 1. The fraction of sp³-hybridized carbons (Fsp3) is 0.647. The molecule has 120 valence electrons. The van der Waals surface area contributed by atoms with Gasteiger partial charge < -0.3 is 14.4 Å². The van der Waals surface area contributed by atoms with Gasteiger partial charge in [-0.3, -0.25) is 9.78 Å². The Morgan fingerprint density at radius 2 is 2.18 bits per heavy atom. The molecule has 0 N–H and O–H groups in total. The van der Waals surface area contributed by atoms with Crippen LogP contribution in [0.1, 0.15) is 32.6 Å². The SMILES string of the molecule is C[C@@H](OCC1CC1)C(=O)N(C[C@H]1CCCO1)c1ccncc1. The van der Waals surface area contributed by atoms with Crippen molar-refractivity contribution in [3.63, 3.8) is 0 Å². The van der Waals surface area contributed by atoms with Crippen molar-refractivity contribution >= 4 is 11.6 Å². The Labute approximate surface area is 131 Å². The number of ether oxygens (including phenoxy) is 2. The Balaban J connectivity index is 1.66. The fourth-order valence-electron chi connectivity index (χ4n) is 2.69. The summed E-state index contributed by atoms with van der Waals surface area (Å²) in [5.41, 5.74) is 0.859. The molecule has 1 saturated heterocycles. The summed E-state index contributed by atoms with van der Waals surface area (Å²) in [4.78, 5) is 18.6. The number of amides is 1. The van der Waals surface area contributed by atoms with Gasteiger partial charge in [0.2, 0.25) is 0 Å². The Bertz CT molecular complexity index is 484. The highest BCUT2D eigenvalue weighted by atomic mass is 16.5. The van der Waals surface area contributed by atoms with Crippen LogP contribution in [0.4, 0.5) is 5.69 Å². The van der Waals surface area contributed by atoms with Crippen LogP contribution in [-0.4, -0.2) is 42.9 Å². The van der Waals surface area contributed by atoms with E-state index in [9.17, 15) is 4.79 Å². The van der Waals surface area contributed by atoms with Crippen molar-refractivity contribution in [1.29, 1.82) is 0 Å². The third-order valence-electron chi connectivity index (χ3n) is 4.28. The molecule has 2 heterocycles. The zero-order valence-corrected chi connectivity index (χ0v) is 13.1. The summed E-state index contributed by atoms with van der Waals surface area (Å²) in [7, 11) is 0. The van der Waals surface area contributed by atoms with E-state index in [4.69, 9.17) is 9.47 Å². The fourth-order valence-corrected chi connectivity index (χ4v) is 2.69. The number of carbonyl (C=O) groups is 1. The minimum absolute atomic E-state index is 0.00218. The van der Waals surface area contributed by atoms with E-state index < -0.39 is 6.10 Å². The summed E-state index contributed by atoms with van der Waals surface area (Å²) in [6.07, 6.45) is 7.64. The lowest BCUT2D eigenvalue weighted by molar-refractivity contribution is -0.129. The van der Waals surface area contributed by atoms with Gasteiger partial charge in [-0.15, -0.1) is 0 Å². The number of carbonyl (C=O) groups excluding carboxylic acids is 1. The lowest BCUT2D eigenvalue weighted by Crippen LogP contribution is -2.43. The van der Waals surface area contributed by atoms with Crippen molar-refractivity contribution in [2.45, 2.75) is 44.8 Å². The molecule has 5 heteroatoms. The molecule has 1 aliphatic heterocycles. The van der Waals surface area contributed by atoms with E-state index in [1.54, 1.807) is 17.3 Å². The van der Waals surface area contributed by atoms with Crippen LogP contribution in [-0.2, 0) is 14.3 Å². The predicted octanol–water partition coefficient (Wildman–Crippen LogP) is 2.41. The minimum atomic E-state index is -0.421. The molecule has 0 bridgehead atoms. The first-order chi connectivity index (χ1) is 10.7. The third kappa shape index (κ3) is 4.05. The molecule has 0 aromatic carbocycles. The van der Waals surface area contributed by atoms with E-state index in [-0.39, 0.29) is 12.0 Å². The zero-order valence-electron chi connectivity index (χ0n) is 13.1. The molecule has 2 atom stereocenters. The number of nitrogens with zero attached hydrogens (tertiary/aromatic N) is 2. The molecule has 2 aliphatic rings. The second-order valence-electron chi connectivity index (χ2n) is 6.21. The van der Waals surface area contributed by atoms with Crippen LogP contribution in [0.3, 0.4) is 0 Å². The van der Waals surface area contributed by atoms with Gasteiger partial charge in [-0.05, 0) is 50.7 Å². The highest BCUT2D eigenvalue weighted by Gasteiger charge is 2.29. The second kappa shape index (κ2) is 7.20. The Morgan fingerprint density at radius 1 is 1.41 bits per heavy atom. The van der Waals surface area contributed by atoms with Gasteiger partial charge in [0.15, 0.2) is 0 Å². The summed E-state index contributed by atoms with van der Waals surface area (Å²) in [6, 6.07) is 3.72. The summed E-state index contributed by atoms with van der Waals surface area (Å²) < 4.78 is 11.4. The van der Waals surface area contributed by atoms with Crippen LogP contribution in [0.2, 0.25) is 0 Å². The van der Waals surface area contributed by atoms with Crippen LogP contribution in [0, 0.1) is 5.92 Å². The number of anilines is 1. The summed E-state index contributed by atoms with van der Waals surface area (Å²) in [6.45, 7) is 3.90. The Morgan fingerprint density at radius 3 is 2.82 bits per heavy atom. The van der Waals surface area contributed by atoms with Crippen molar-refractivity contribution in [1.82, 2.24) is 4.98 Å². The Hall–Kier alpha value is -1.46. The Kier molecular flexibility index (Phi) is 5.05. The first-order valence-corrected chi connectivity index (χ1v) is 8.18. The first-order valence-electron chi connectivity index (χ1n) is 8.18. The van der Waals surface area contributed by atoms with Gasteiger partial charge in [0, 0.05) is 24.7 Å². The quantitative estimate of drug-likeness (QED) is 0.776. The summed E-state index contributed by atoms with van der Waals surface area (Å²) in [5, 5.41) is 0. The van der Waals surface area contributed by atoms with Crippen LogP contribution < -0.4 is 4.90 Å². The van der Waals surface area contributed by atoms with Crippen molar-refractivity contribution in [3.05, 3.63) is 24.5 Å². The lowest BCUT2D eigenvalue weighted by atomic mass is 10.2. The molecule has 0 unspecified atom stereocenters. The van der Waals surface area contributed by atoms with E-state index in [1.807, 2.05) is 19.1 Å². The number of aromatic nitrogens is 1. The topological polar surface area (TPSA) is 51.7 Å². The average Bonchev–Trinajstić information content (AvgIpc) is 3.24. The average molecular weight is 304 g/mol. The van der Waals surface area contributed by atoms with Crippen LogP contribution >= 0.6 is 0 Å². The maximum atomic E-state index is 12.8. The molecular formula is C17H24N2O3. The zero-order chi connectivity index (χ0) is 15.4. The molecule has 3 rings (SSSR count). The third-order valence-corrected chi connectivity index (χ3v) is 4.28. The van der Waals surface area contributed by atoms with Crippen LogP contribution in [0.25, 0.3) is 0 Å². The summed E-state index contributed by atoms with van der Waals surface area (Å²) in [5.74, 6) is 0.658. The molecule has 5 nitrogen and oxygen atoms in total. The number of hydrogen-bond acceptors (Lipinski definition) is 4. The van der Waals surface area contributed by atoms with Crippen LogP contribution in [0.15, 0.2) is 24.5 Å². The van der Waals surface area contributed by atoms with Gasteiger partial charge >= 0.3 is 0 Å². The molecule has 22 heavy (non-hydrogen) atoms. The van der Waals surface area contributed by atoms with Crippen molar-refractivity contribution in [2.75, 3.05) is 24.7 Å². The molecule has 1 aliphatic carbocycles. The number of rotatable bonds is 7. The van der Waals surface area contributed by atoms with E-state index in [0.29, 0.717) is 19.1 Å². The smallest absolute Gasteiger partial charge is 0.255 e. The van der Waals surface area contributed by atoms with Gasteiger partial charge in [0.05, 0.1) is 19.3 Å². The van der Waals surface area contributed by atoms with Gasteiger partial charge in [0.25, 0.3) is 5.91 Å². The molecule has 0 radical (unpaired) electrons. The van der Waals surface area contributed by atoms with Gasteiger partial charge in [-0.25, -0.2) is 0 Å². The van der Waals surface area contributed by atoms with Gasteiger partial charge in [-0.1, -0.05) is 0 Å². The minimum Gasteiger partial charge on any atom is -0.376 e. The van der Waals surface area contributed by atoms with E-state index in [1.165, 1.54) is 12.8 Å². The molecule has 1 amide bonds. The highest BCUT2D eigenvalue weighted by Crippen LogP contribution is 2.29. The van der Waals surface area contributed by atoms with E-state index in [2.05, 4.69) is 4.98 Å². The molecule has 0 spiro atoms. The molecule has 1 aromatic heterocycles. The predicted molar refractivity (Wildman–Crippen MR) is 83.7 cm³/mol. The second-order valence-corrected chi connectivity index (χ2v) is 6.21. The molecular weight excluding hydrogens is 280 g/mol.